The van der Waals surface area contributed by atoms with Gasteiger partial charge in [0.05, 0.1) is 12.8 Å². The number of anilines is 4. The van der Waals surface area contributed by atoms with Crippen molar-refractivity contribution >= 4 is 23.1 Å². The number of hydrogen-bond acceptors (Lipinski definition) is 5. The SMILES string of the molecule is COc1ccc(C)cc1Nc1nc(C)cc(Nc2cccc(C)c2)n1. The van der Waals surface area contributed by atoms with Gasteiger partial charge < -0.3 is 15.4 Å². The van der Waals surface area contributed by atoms with Gasteiger partial charge in [-0.15, -0.1) is 0 Å². The van der Waals surface area contributed by atoms with Crippen molar-refractivity contribution in [3.8, 4) is 5.75 Å². The maximum Gasteiger partial charge on any atom is 0.229 e. The van der Waals surface area contributed by atoms with Crippen LogP contribution in [0.2, 0.25) is 0 Å². The minimum absolute atomic E-state index is 0.527. The number of methoxy groups -OCH3 is 1. The number of hydrogen-bond donors (Lipinski definition) is 2. The molecule has 0 amide bonds. The molecule has 0 atom stereocenters. The number of aryl methyl sites for hydroxylation is 3. The second kappa shape index (κ2) is 7.21. The van der Waals surface area contributed by atoms with Gasteiger partial charge in [0, 0.05) is 17.4 Å². The van der Waals surface area contributed by atoms with Crippen molar-refractivity contribution in [2.75, 3.05) is 17.7 Å². The first-order valence-electron chi connectivity index (χ1n) is 8.14. The van der Waals surface area contributed by atoms with E-state index in [4.69, 9.17) is 4.74 Å². The van der Waals surface area contributed by atoms with Crippen molar-refractivity contribution in [1.82, 2.24) is 9.97 Å². The zero-order valence-electron chi connectivity index (χ0n) is 14.9. The first-order chi connectivity index (χ1) is 12.0. The summed E-state index contributed by atoms with van der Waals surface area (Å²) in [4.78, 5) is 9.05. The fourth-order valence-electron chi connectivity index (χ4n) is 2.60. The second-order valence-corrected chi connectivity index (χ2v) is 6.04. The molecule has 1 heterocycles. The molecule has 1 aromatic heterocycles. The average molecular weight is 334 g/mol. The highest BCUT2D eigenvalue weighted by Crippen LogP contribution is 2.28. The Morgan fingerprint density at radius 3 is 2.40 bits per heavy atom. The van der Waals surface area contributed by atoms with E-state index in [0.29, 0.717) is 5.95 Å². The molecule has 25 heavy (non-hydrogen) atoms. The van der Waals surface area contributed by atoms with E-state index < -0.39 is 0 Å². The van der Waals surface area contributed by atoms with Crippen molar-refractivity contribution in [1.29, 1.82) is 0 Å². The highest BCUT2D eigenvalue weighted by atomic mass is 16.5. The molecule has 0 unspecified atom stereocenters. The molecular weight excluding hydrogens is 312 g/mol. The van der Waals surface area contributed by atoms with Gasteiger partial charge in [-0.05, 0) is 56.2 Å². The fourth-order valence-corrected chi connectivity index (χ4v) is 2.60. The Morgan fingerprint density at radius 2 is 1.64 bits per heavy atom. The maximum absolute atomic E-state index is 5.41. The molecule has 0 aliphatic heterocycles. The van der Waals surface area contributed by atoms with Crippen LogP contribution in [0.5, 0.6) is 5.75 Å². The van der Waals surface area contributed by atoms with E-state index in [1.54, 1.807) is 7.11 Å². The van der Waals surface area contributed by atoms with Gasteiger partial charge in [-0.1, -0.05) is 18.2 Å². The predicted octanol–water partition coefficient (Wildman–Crippen LogP) is 4.90. The van der Waals surface area contributed by atoms with Crippen molar-refractivity contribution in [3.63, 3.8) is 0 Å². The Morgan fingerprint density at radius 1 is 0.840 bits per heavy atom. The van der Waals surface area contributed by atoms with Gasteiger partial charge in [-0.2, -0.15) is 4.98 Å². The van der Waals surface area contributed by atoms with E-state index in [1.807, 2.05) is 50.2 Å². The summed E-state index contributed by atoms with van der Waals surface area (Å²) in [6.45, 7) is 6.04. The van der Waals surface area contributed by atoms with Gasteiger partial charge in [0.1, 0.15) is 11.6 Å². The number of benzene rings is 2. The molecular formula is C20H22N4O. The molecule has 0 aliphatic carbocycles. The summed E-state index contributed by atoms with van der Waals surface area (Å²) < 4.78 is 5.41. The van der Waals surface area contributed by atoms with Gasteiger partial charge in [0.25, 0.3) is 0 Å². The van der Waals surface area contributed by atoms with Crippen LogP contribution in [-0.4, -0.2) is 17.1 Å². The highest BCUT2D eigenvalue weighted by molar-refractivity contribution is 5.65. The molecule has 2 aromatic carbocycles. The van der Waals surface area contributed by atoms with Crippen LogP contribution in [0.3, 0.4) is 0 Å². The van der Waals surface area contributed by atoms with Crippen LogP contribution in [0.4, 0.5) is 23.1 Å². The van der Waals surface area contributed by atoms with Crippen LogP contribution < -0.4 is 15.4 Å². The molecule has 0 spiro atoms. The van der Waals surface area contributed by atoms with Crippen LogP contribution >= 0.6 is 0 Å². The summed E-state index contributed by atoms with van der Waals surface area (Å²) in [5.74, 6) is 2.02. The smallest absolute Gasteiger partial charge is 0.229 e. The standard InChI is InChI=1S/C20H22N4O/c1-13-6-5-7-16(10-13)22-19-12-15(3)21-20(24-19)23-17-11-14(2)8-9-18(17)25-4/h5-12H,1-4H3,(H2,21,22,23,24). The third-order valence-electron chi connectivity index (χ3n) is 3.75. The molecule has 0 aliphatic rings. The molecule has 0 saturated carbocycles. The third kappa shape index (κ3) is 4.26. The largest absolute Gasteiger partial charge is 0.495 e. The van der Waals surface area contributed by atoms with E-state index >= 15 is 0 Å². The van der Waals surface area contributed by atoms with E-state index in [0.717, 1.165) is 34.2 Å². The Balaban J connectivity index is 1.88. The van der Waals surface area contributed by atoms with Crippen LogP contribution in [0, 0.1) is 20.8 Å². The zero-order chi connectivity index (χ0) is 17.8. The lowest BCUT2D eigenvalue weighted by molar-refractivity contribution is 0.416. The first kappa shape index (κ1) is 16.8. The molecule has 5 nitrogen and oxygen atoms in total. The summed E-state index contributed by atoms with van der Waals surface area (Å²) in [6.07, 6.45) is 0. The van der Waals surface area contributed by atoms with E-state index in [-0.39, 0.29) is 0 Å². The molecule has 3 aromatic rings. The summed E-state index contributed by atoms with van der Waals surface area (Å²) in [5, 5.41) is 6.58. The molecule has 2 N–H and O–H groups in total. The van der Waals surface area contributed by atoms with Crippen molar-refractivity contribution in [3.05, 3.63) is 65.4 Å². The van der Waals surface area contributed by atoms with Gasteiger partial charge >= 0.3 is 0 Å². The van der Waals surface area contributed by atoms with E-state index in [2.05, 4.69) is 39.7 Å². The maximum atomic E-state index is 5.41. The van der Waals surface area contributed by atoms with Crippen molar-refractivity contribution < 1.29 is 4.74 Å². The van der Waals surface area contributed by atoms with Crippen LogP contribution in [0.15, 0.2) is 48.5 Å². The molecule has 0 fully saturated rings. The minimum Gasteiger partial charge on any atom is -0.495 e. The average Bonchev–Trinajstić information content (AvgIpc) is 2.54. The number of ether oxygens (including phenoxy) is 1. The molecule has 5 heteroatoms. The number of rotatable bonds is 5. The Bertz CT molecular complexity index is 893. The monoisotopic (exact) mass is 334 g/mol. The lowest BCUT2D eigenvalue weighted by Crippen LogP contribution is -2.03. The zero-order valence-corrected chi connectivity index (χ0v) is 14.9. The predicted molar refractivity (Wildman–Crippen MR) is 102 cm³/mol. The normalized spacial score (nSPS) is 10.4. The van der Waals surface area contributed by atoms with Gasteiger partial charge in [-0.3, -0.25) is 0 Å². The lowest BCUT2D eigenvalue weighted by atomic mass is 10.2. The van der Waals surface area contributed by atoms with Crippen LogP contribution in [0.1, 0.15) is 16.8 Å². The van der Waals surface area contributed by atoms with Gasteiger partial charge in [-0.25, -0.2) is 4.98 Å². The topological polar surface area (TPSA) is 59.1 Å². The number of nitrogens with zero attached hydrogens (tertiary/aromatic N) is 2. The minimum atomic E-state index is 0.527. The van der Waals surface area contributed by atoms with Gasteiger partial charge in [0.2, 0.25) is 5.95 Å². The summed E-state index contributed by atoms with van der Waals surface area (Å²) in [6, 6.07) is 16.0. The fraction of sp³-hybridized carbons (Fsp3) is 0.200. The molecule has 0 radical (unpaired) electrons. The molecule has 128 valence electrons. The third-order valence-corrected chi connectivity index (χ3v) is 3.75. The molecule has 0 bridgehead atoms. The van der Waals surface area contributed by atoms with E-state index in [9.17, 15) is 0 Å². The lowest BCUT2D eigenvalue weighted by Gasteiger charge is -2.13. The van der Waals surface area contributed by atoms with Crippen LogP contribution in [-0.2, 0) is 0 Å². The Labute approximate surface area is 148 Å². The first-order valence-corrected chi connectivity index (χ1v) is 8.14. The number of aromatic nitrogens is 2. The highest BCUT2D eigenvalue weighted by Gasteiger charge is 2.08. The summed E-state index contributed by atoms with van der Waals surface area (Å²) in [5.41, 5.74) is 5.04. The molecule has 3 rings (SSSR count). The Kier molecular flexibility index (Phi) is 4.84. The summed E-state index contributed by atoms with van der Waals surface area (Å²) >= 11 is 0. The Hall–Kier alpha value is -3.08. The second-order valence-electron chi connectivity index (χ2n) is 6.04. The van der Waals surface area contributed by atoms with Crippen LogP contribution in [0.25, 0.3) is 0 Å². The quantitative estimate of drug-likeness (QED) is 0.695. The number of nitrogens with one attached hydrogen (secondary N) is 2. The van der Waals surface area contributed by atoms with Gasteiger partial charge in [0.15, 0.2) is 0 Å². The van der Waals surface area contributed by atoms with E-state index in [1.165, 1.54) is 5.56 Å². The summed E-state index contributed by atoms with van der Waals surface area (Å²) in [7, 11) is 1.65. The van der Waals surface area contributed by atoms with Crippen molar-refractivity contribution in [2.24, 2.45) is 0 Å². The molecule has 0 saturated heterocycles. The van der Waals surface area contributed by atoms with Crippen molar-refractivity contribution in [2.45, 2.75) is 20.8 Å².